The SMILES string of the molecule is Cn1nc(C2CC2)nc1CC(=O)NC1(C(=O)O)CCCC(C)(C)C1. The second-order valence-electron chi connectivity index (χ2n) is 8.09. The average molecular weight is 334 g/mol. The van der Waals surface area contributed by atoms with Crippen LogP contribution in [-0.2, 0) is 23.1 Å². The van der Waals surface area contributed by atoms with Crippen molar-refractivity contribution in [2.75, 3.05) is 0 Å². The third-order valence-corrected chi connectivity index (χ3v) is 5.16. The Morgan fingerprint density at radius 1 is 1.33 bits per heavy atom. The Morgan fingerprint density at radius 3 is 2.62 bits per heavy atom. The maximum atomic E-state index is 12.5. The van der Waals surface area contributed by atoms with Crippen LogP contribution in [0.1, 0.15) is 69.9 Å². The number of carbonyl (C=O) groups is 2. The zero-order valence-corrected chi connectivity index (χ0v) is 14.6. The van der Waals surface area contributed by atoms with E-state index in [1.807, 2.05) is 0 Å². The normalized spacial score (nSPS) is 26.1. The van der Waals surface area contributed by atoms with Gasteiger partial charge in [0, 0.05) is 13.0 Å². The van der Waals surface area contributed by atoms with Gasteiger partial charge in [-0.15, -0.1) is 0 Å². The molecule has 1 aromatic heterocycles. The minimum Gasteiger partial charge on any atom is -0.480 e. The molecule has 7 nitrogen and oxygen atoms in total. The highest BCUT2D eigenvalue weighted by Gasteiger charge is 2.47. The average Bonchev–Trinajstić information content (AvgIpc) is 3.23. The van der Waals surface area contributed by atoms with Crippen molar-refractivity contribution in [2.45, 2.75) is 70.3 Å². The van der Waals surface area contributed by atoms with Crippen LogP contribution in [0, 0.1) is 5.41 Å². The molecule has 0 spiro atoms. The lowest BCUT2D eigenvalue weighted by atomic mass is 9.68. The molecule has 0 bridgehead atoms. The summed E-state index contributed by atoms with van der Waals surface area (Å²) in [6.07, 6.45) is 4.98. The van der Waals surface area contributed by atoms with Gasteiger partial charge in [0.2, 0.25) is 5.91 Å². The van der Waals surface area contributed by atoms with Crippen molar-refractivity contribution in [1.29, 1.82) is 0 Å². The van der Waals surface area contributed by atoms with E-state index in [0.717, 1.165) is 31.5 Å². The van der Waals surface area contributed by atoms with Crippen LogP contribution in [0.2, 0.25) is 0 Å². The predicted octanol–water partition coefficient (Wildman–Crippen LogP) is 1.77. The molecule has 0 radical (unpaired) electrons. The number of nitrogens with zero attached hydrogens (tertiary/aromatic N) is 3. The minimum atomic E-state index is -1.17. The van der Waals surface area contributed by atoms with Gasteiger partial charge in [0.1, 0.15) is 11.4 Å². The molecule has 132 valence electrons. The molecule has 24 heavy (non-hydrogen) atoms. The largest absolute Gasteiger partial charge is 0.480 e. The molecule has 1 amide bonds. The van der Waals surface area contributed by atoms with E-state index in [9.17, 15) is 14.7 Å². The molecule has 2 aliphatic rings. The number of rotatable bonds is 5. The molecule has 7 heteroatoms. The van der Waals surface area contributed by atoms with Gasteiger partial charge in [0.25, 0.3) is 0 Å². The van der Waals surface area contributed by atoms with Crippen LogP contribution >= 0.6 is 0 Å². The summed E-state index contributed by atoms with van der Waals surface area (Å²) < 4.78 is 1.63. The monoisotopic (exact) mass is 334 g/mol. The number of carbonyl (C=O) groups excluding carboxylic acids is 1. The Kier molecular flexibility index (Phi) is 4.13. The molecule has 1 aromatic rings. The topological polar surface area (TPSA) is 97.1 Å². The molecule has 2 N–H and O–H groups in total. The fourth-order valence-electron chi connectivity index (χ4n) is 3.77. The van der Waals surface area contributed by atoms with Crippen LogP contribution in [-0.4, -0.2) is 37.3 Å². The summed E-state index contributed by atoms with van der Waals surface area (Å²) in [6.45, 7) is 4.11. The molecule has 0 saturated heterocycles. The fraction of sp³-hybridized carbons (Fsp3) is 0.765. The van der Waals surface area contributed by atoms with Gasteiger partial charge < -0.3 is 10.4 Å². The Labute approximate surface area is 141 Å². The highest BCUT2D eigenvalue weighted by atomic mass is 16.4. The zero-order valence-electron chi connectivity index (χ0n) is 14.6. The van der Waals surface area contributed by atoms with Gasteiger partial charge in [-0.3, -0.25) is 9.48 Å². The highest BCUT2D eigenvalue weighted by molar-refractivity contribution is 5.87. The Balaban J connectivity index is 1.71. The van der Waals surface area contributed by atoms with E-state index >= 15 is 0 Å². The molecule has 1 heterocycles. The van der Waals surface area contributed by atoms with Crippen LogP contribution in [0.5, 0.6) is 0 Å². The predicted molar refractivity (Wildman–Crippen MR) is 87.4 cm³/mol. The Morgan fingerprint density at radius 2 is 2.04 bits per heavy atom. The van der Waals surface area contributed by atoms with Crippen LogP contribution in [0.3, 0.4) is 0 Å². The lowest BCUT2D eigenvalue weighted by Gasteiger charge is -2.42. The van der Waals surface area contributed by atoms with Gasteiger partial charge in [-0.25, -0.2) is 9.78 Å². The summed E-state index contributed by atoms with van der Waals surface area (Å²) >= 11 is 0. The molecular formula is C17H26N4O3. The van der Waals surface area contributed by atoms with E-state index < -0.39 is 11.5 Å². The number of hydrogen-bond acceptors (Lipinski definition) is 4. The zero-order chi connectivity index (χ0) is 17.5. The van der Waals surface area contributed by atoms with Crippen LogP contribution in [0.15, 0.2) is 0 Å². The molecule has 2 fully saturated rings. The number of aryl methyl sites for hydroxylation is 1. The Hall–Kier alpha value is -1.92. The van der Waals surface area contributed by atoms with Crippen molar-refractivity contribution in [2.24, 2.45) is 12.5 Å². The summed E-state index contributed by atoms with van der Waals surface area (Å²) in [5.74, 6) is 0.572. The Bertz CT molecular complexity index is 663. The second kappa shape index (κ2) is 5.86. The fourth-order valence-corrected chi connectivity index (χ4v) is 3.77. The smallest absolute Gasteiger partial charge is 0.329 e. The van der Waals surface area contributed by atoms with E-state index in [1.54, 1.807) is 11.7 Å². The van der Waals surface area contributed by atoms with Gasteiger partial charge in [-0.1, -0.05) is 13.8 Å². The first-order chi connectivity index (χ1) is 11.2. The number of carboxylic acids is 1. The van der Waals surface area contributed by atoms with Crippen LogP contribution < -0.4 is 5.32 Å². The minimum absolute atomic E-state index is 0.0612. The van der Waals surface area contributed by atoms with Crippen molar-refractivity contribution in [3.63, 3.8) is 0 Å². The van der Waals surface area contributed by atoms with E-state index in [1.165, 1.54) is 0 Å². The van der Waals surface area contributed by atoms with Gasteiger partial charge >= 0.3 is 5.97 Å². The first kappa shape index (κ1) is 16.9. The van der Waals surface area contributed by atoms with Crippen molar-refractivity contribution < 1.29 is 14.7 Å². The summed E-state index contributed by atoms with van der Waals surface area (Å²) in [7, 11) is 1.78. The van der Waals surface area contributed by atoms with Crippen LogP contribution in [0.4, 0.5) is 0 Å². The van der Waals surface area contributed by atoms with Crippen molar-refractivity contribution in [3.8, 4) is 0 Å². The number of amides is 1. The molecule has 0 aliphatic heterocycles. The third kappa shape index (κ3) is 3.44. The van der Waals surface area contributed by atoms with Crippen molar-refractivity contribution in [3.05, 3.63) is 11.6 Å². The molecule has 0 aromatic carbocycles. The second-order valence-corrected chi connectivity index (χ2v) is 8.09. The maximum absolute atomic E-state index is 12.5. The standard InChI is InChI=1S/C17H26N4O3/c1-16(2)7-4-8-17(10-16,15(23)24)19-13(22)9-12-18-14(11-5-6-11)20-21(12)3/h11H,4-10H2,1-3H3,(H,19,22)(H,23,24). The number of aromatic nitrogens is 3. The molecular weight excluding hydrogens is 308 g/mol. The highest BCUT2D eigenvalue weighted by Crippen LogP contribution is 2.41. The quantitative estimate of drug-likeness (QED) is 0.855. The lowest BCUT2D eigenvalue weighted by Crippen LogP contribution is -2.58. The van der Waals surface area contributed by atoms with Gasteiger partial charge in [0.05, 0.1) is 6.42 Å². The summed E-state index contributed by atoms with van der Waals surface area (Å²) in [6, 6.07) is 0. The van der Waals surface area contributed by atoms with Crippen molar-refractivity contribution >= 4 is 11.9 Å². The first-order valence-corrected chi connectivity index (χ1v) is 8.65. The molecule has 2 saturated carbocycles. The van der Waals surface area contributed by atoms with Gasteiger partial charge in [-0.2, -0.15) is 5.10 Å². The first-order valence-electron chi connectivity index (χ1n) is 8.65. The third-order valence-electron chi connectivity index (χ3n) is 5.16. The van der Waals surface area contributed by atoms with E-state index in [2.05, 4.69) is 29.2 Å². The van der Waals surface area contributed by atoms with Crippen molar-refractivity contribution in [1.82, 2.24) is 20.1 Å². The maximum Gasteiger partial charge on any atom is 0.329 e. The molecule has 3 rings (SSSR count). The molecule has 1 unspecified atom stereocenters. The number of aliphatic carboxylic acids is 1. The van der Waals surface area contributed by atoms with E-state index in [0.29, 0.717) is 24.6 Å². The van der Waals surface area contributed by atoms with Crippen LogP contribution in [0.25, 0.3) is 0 Å². The summed E-state index contributed by atoms with van der Waals surface area (Å²) in [5.41, 5.74) is -1.26. The molecule has 1 atom stereocenters. The number of hydrogen-bond donors (Lipinski definition) is 2. The lowest BCUT2D eigenvalue weighted by molar-refractivity contribution is -0.151. The van der Waals surface area contributed by atoms with Gasteiger partial charge in [-0.05, 0) is 43.9 Å². The summed E-state index contributed by atoms with van der Waals surface area (Å²) in [4.78, 5) is 28.8. The van der Waals surface area contributed by atoms with Gasteiger partial charge in [0.15, 0.2) is 5.82 Å². The summed E-state index contributed by atoms with van der Waals surface area (Å²) in [5, 5.41) is 16.9. The molecule has 2 aliphatic carbocycles. The number of carboxylic acid groups (broad SMARTS) is 1. The van der Waals surface area contributed by atoms with E-state index in [4.69, 9.17) is 0 Å². The number of nitrogens with one attached hydrogen (secondary N) is 1. The van der Waals surface area contributed by atoms with E-state index in [-0.39, 0.29) is 17.7 Å².